The maximum atomic E-state index is 11.8. The van der Waals surface area contributed by atoms with Gasteiger partial charge in [-0.25, -0.2) is 4.79 Å². The van der Waals surface area contributed by atoms with Crippen molar-refractivity contribution < 1.29 is 4.79 Å². The molecule has 0 bridgehead atoms. The highest BCUT2D eigenvalue weighted by Crippen LogP contribution is 2.40. The number of amidine groups is 1. The third kappa shape index (κ3) is 2.14. The maximum Gasteiger partial charge on any atom is 0.346 e. The zero-order chi connectivity index (χ0) is 13.4. The minimum atomic E-state index is -0.284. The Morgan fingerprint density at radius 2 is 1.95 bits per heavy atom. The van der Waals surface area contributed by atoms with E-state index in [9.17, 15) is 4.79 Å². The molecular formula is C15H17N3O. The Labute approximate surface area is 112 Å². The highest BCUT2D eigenvalue weighted by Gasteiger charge is 2.34. The van der Waals surface area contributed by atoms with Gasteiger partial charge in [0, 0.05) is 6.54 Å². The highest BCUT2D eigenvalue weighted by atomic mass is 16.2. The summed E-state index contributed by atoms with van der Waals surface area (Å²) < 4.78 is 0. The fraction of sp³-hybridized carbons (Fsp3) is 0.333. The second-order valence-electron chi connectivity index (χ2n) is 5.10. The summed E-state index contributed by atoms with van der Waals surface area (Å²) in [5.74, 6) is 1.10. The van der Waals surface area contributed by atoms with Crippen molar-refractivity contribution >= 4 is 11.9 Å². The first-order valence-corrected chi connectivity index (χ1v) is 6.56. The van der Waals surface area contributed by atoms with Crippen LogP contribution in [0.15, 0.2) is 41.9 Å². The molecule has 1 saturated carbocycles. The lowest BCUT2D eigenvalue weighted by Gasteiger charge is -2.23. The average molecular weight is 255 g/mol. The van der Waals surface area contributed by atoms with Crippen LogP contribution in [-0.2, 0) is 0 Å². The molecule has 2 N–H and O–H groups in total. The molecule has 4 nitrogen and oxygen atoms in total. The van der Waals surface area contributed by atoms with E-state index in [1.807, 2.05) is 0 Å². The summed E-state index contributed by atoms with van der Waals surface area (Å²) in [5.41, 5.74) is 8.27. The van der Waals surface area contributed by atoms with Crippen LogP contribution in [0.5, 0.6) is 0 Å². The van der Waals surface area contributed by atoms with E-state index in [1.165, 1.54) is 18.4 Å². The van der Waals surface area contributed by atoms with Crippen molar-refractivity contribution in [1.82, 2.24) is 4.90 Å². The van der Waals surface area contributed by atoms with Crippen LogP contribution >= 0.6 is 0 Å². The molecule has 1 heterocycles. The summed E-state index contributed by atoms with van der Waals surface area (Å²) in [6, 6.07) is 7.84. The minimum Gasteiger partial charge on any atom is -0.385 e. The van der Waals surface area contributed by atoms with Gasteiger partial charge in [0.25, 0.3) is 0 Å². The van der Waals surface area contributed by atoms with Crippen LogP contribution in [0, 0.1) is 0 Å². The van der Waals surface area contributed by atoms with Crippen molar-refractivity contribution in [3.63, 3.8) is 0 Å². The molecule has 0 radical (unpaired) electrons. The first-order chi connectivity index (χ1) is 9.20. The second-order valence-corrected chi connectivity index (χ2v) is 5.10. The van der Waals surface area contributed by atoms with Crippen LogP contribution in [-0.4, -0.2) is 23.3 Å². The van der Waals surface area contributed by atoms with Crippen molar-refractivity contribution in [2.24, 2.45) is 10.7 Å². The lowest BCUT2D eigenvalue weighted by Crippen LogP contribution is -2.33. The van der Waals surface area contributed by atoms with Crippen LogP contribution in [0.3, 0.4) is 0 Å². The van der Waals surface area contributed by atoms with Gasteiger partial charge in [-0.2, -0.15) is 4.99 Å². The van der Waals surface area contributed by atoms with E-state index < -0.39 is 0 Å². The van der Waals surface area contributed by atoms with Crippen molar-refractivity contribution in [1.29, 1.82) is 0 Å². The fourth-order valence-electron chi connectivity index (χ4n) is 2.55. The first-order valence-electron chi connectivity index (χ1n) is 6.56. The molecule has 19 heavy (non-hydrogen) atoms. The van der Waals surface area contributed by atoms with Gasteiger partial charge in [-0.1, -0.05) is 30.3 Å². The number of carbonyl (C=O) groups is 1. The Balaban J connectivity index is 1.88. The van der Waals surface area contributed by atoms with Gasteiger partial charge >= 0.3 is 6.03 Å². The smallest absolute Gasteiger partial charge is 0.346 e. The van der Waals surface area contributed by atoms with Gasteiger partial charge in [-0.05, 0) is 29.9 Å². The molecule has 1 fully saturated rings. The molecule has 2 aliphatic rings. The molecule has 1 aromatic carbocycles. The Hall–Kier alpha value is -2.10. The summed E-state index contributed by atoms with van der Waals surface area (Å²) in [5, 5.41) is 0. The van der Waals surface area contributed by atoms with Gasteiger partial charge in [0.1, 0.15) is 11.9 Å². The SMILES string of the molecule is C=CCN1C(=O)N=C(N)C1c1ccc(C2CC2)cc1. The van der Waals surface area contributed by atoms with Crippen molar-refractivity contribution in [2.45, 2.75) is 24.8 Å². The molecular weight excluding hydrogens is 238 g/mol. The topological polar surface area (TPSA) is 58.7 Å². The highest BCUT2D eigenvalue weighted by molar-refractivity contribution is 6.03. The molecule has 0 spiro atoms. The van der Waals surface area contributed by atoms with Gasteiger partial charge < -0.3 is 10.6 Å². The number of benzene rings is 1. The van der Waals surface area contributed by atoms with Crippen molar-refractivity contribution in [2.75, 3.05) is 6.54 Å². The third-order valence-corrected chi connectivity index (χ3v) is 3.69. The molecule has 98 valence electrons. The second kappa shape index (κ2) is 4.53. The summed E-state index contributed by atoms with van der Waals surface area (Å²) in [7, 11) is 0. The molecule has 1 unspecified atom stereocenters. The lowest BCUT2D eigenvalue weighted by molar-refractivity contribution is 0.213. The molecule has 2 amide bonds. The van der Waals surface area contributed by atoms with E-state index in [4.69, 9.17) is 5.73 Å². The molecule has 1 aliphatic carbocycles. The molecule has 4 heteroatoms. The number of nitrogens with zero attached hydrogens (tertiary/aromatic N) is 2. The number of nitrogens with two attached hydrogens (primary N) is 1. The van der Waals surface area contributed by atoms with Crippen LogP contribution in [0.4, 0.5) is 4.79 Å². The minimum absolute atomic E-state index is 0.251. The van der Waals surface area contributed by atoms with Crippen molar-refractivity contribution in [3.05, 3.63) is 48.0 Å². The Morgan fingerprint density at radius 3 is 2.53 bits per heavy atom. The number of hydrogen-bond donors (Lipinski definition) is 1. The molecule has 3 rings (SSSR count). The Kier molecular flexibility index (Phi) is 2.85. The van der Waals surface area contributed by atoms with E-state index in [2.05, 4.69) is 35.8 Å². The first kappa shape index (κ1) is 12.0. The predicted molar refractivity (Wildman–Crippen MR) is 75.1 cm³/mol. The van der Waals surface area contributed by atoms with E-state index in [0.29, 0.717) is 12.4 Å². The number of carbonyl (C=O) groups excluding carboxylic acids is 1. The fourth-order valence-corrected chi connectivity index (χ4v) is 2.55. The zero-order valence-electron chi connectivity index (χ0n) is 10.7. The molecule has 0 saturated heterocycles. The maximum absolute atomic E-state index is 11.8. The van der Waals surface area contributed by atoms with E-state index >= 15 is 0 Å². The van der Waals surface area contributed by atoms with Gasteiger partial charge in [-0.15, -0.1) is 6.58 Å². The van der Waals surface area contributed by atoms with Gasteiger partial charge in [0.2, 0.25) is 0 Å². The molecule has 0 aromatic heterocycles. The average Bonchev–Trinajstić information content (AvgIpc) is 3.19. The Bertz CT molecular complexity index is 543. The zero-order valence-corrected chi connectivity index (χ0v) is 10.7. The quantitative estimate of drug-likeness (QED) is 0.841. The van der Waals surface area contributed by atoms with Gasteiger partial charge in [0.15, 0.2) is 0 Å². The van der Waals surface area contributed by atoms with Crippen LogP contribution in [0.1, 0.15) is 35.9 Å². The van der Waals surface area contributed by atoms with Crippen LogP contribution < -0.4 is 5.73 Å². The molecule has 1 atom stereocenters. The number of hydrogen-bond acceptors (Lipinski definition) is 2. The van der Waals surface area contributed by atoms with E-state index in [-0.39, 0.29) is 12.1 Å². The summed E-state index contributed by atoms with van der Waals surface area (Å²) in [6.45, 7) is 4.13. The third-order valence-electron chi connectivity index (χ3n) is 3.69. The Morgan fingerprint density at radius 1 is 1.32 bits per heavy atom. The number of urea groups is 1. The van der Waals surface area contributed by atoms with Crippen LogP contribution in [0.25, 0.3) is 0 Å². The number of amides is 2. The van der Waals surface area contributed by atoms with Gasteiger partial charge in [-0.3, -0.25) is 0 Å². The monoisotopic (exact) mass is 255 g/mol. The summed E-state index contributed by atoms with van der Waals surface area (Å²) >= 11 is 0. The molecule has 1 aliphatic heterocycles. The van der Waals surface area contributed by atoms with Gasteiger partial charge in [0.05, 0.1) is 0 Å². The summed E-state index contributed by atoms with van der Waals surface area (Å²) in [6.07, 6.45) is 4.26. The lowest BCUT2D eigenvalue weighted by atomic mass is 10.0. The largest absolute Gasteiger partial charge is 0.385 e. The van der Waals surface area contributed by atoms with E-state index in [1.54, 1.807) is 11.0 Å². The molecule has 1 aromatic rings. The number of rotatable bonds is 4. The predicted octanol–water partition coefficient (Wildman–Crippen LogP) is 2.58. The standard InChI is InChI=1S/C15H17N3O/c1-2-9-18-13(14(16)17-15(18)19)12-7-5-11(6-8-12)10-3-4-10/h2,5-8,10,13H,1,3-4,9H2,(H2,16,17,19). The van der Waals surface area contributed by atoms with Crippen molar-refractivity contribution in [3.8, 4) is 0 Å². The normalized spacial score (nSPS) is 22.5. The van der Waals surface area contributed by atoms with Crippen LogP contribution in [0.2, 0.25) is 0 Å². The van der Waals surface area contributed by atoms with E-state index in [0.717, 1.165) is 11.5 Å². The number of aliphatic imine (C=N–C) groups is 1. The summed E-state index contributed by atoms with van der Waals surface area (Å²) in [4.78, 5) is 17.2.